The van der Waals surface area contributed by atoms with Crippen molar-refractivity contribution in [3.63, 3.8) is 0 Å². The van der Waals surface area contributed by atoms with E-state index >= 15 is 0 Å². The third-order valence-corrected chi connectivity index (χ3v) is 3.63. The highest BCUT2D eigenvalue weighted by Crippen LogP contribution is 2.31. The van der Waals surface area contributed by atoms with Gasteiger partial charge in [-0.3, -0.25) is 4.79 Å². The Morgan fingerprint density at radius 3 is 2.78 bits per heavy atom. The SMILES string of the molecule is NC1(CC(=O)NCc2ccc(F)c(Cl)c2)CCC1. The van der Waals surface area contributed by atoms with E-state index in [-0.39, 0.29) is 16.5 Å². The van der Waals surface area contributed by atoms with E-state index in [2.05, 4.69) is 5.32 Å². The molecule has 0 saturated heterocycles. The minimum absolute atomic E-state index is 0.0658. The van der Waals surface area contributed by atoms with E-state index in [4.69, 9.17) is 17.3 Å². The normalized spacial score (nSPS) is 17.1. The minimum atomic E-state index is -0.456. The lowest BCUT2D eigenvalue weighted by molar-refractivity contribution is -0.123. The van der Waals surface area contributed by atoms with E-state index in [1.54, 1.807) is 6.07 Å². The van der Waals surface area contributed by atoms with Crippen LogP contribution in [-0.2, 0) is 11.3 Å². The van der Waals surface area contributed by atoms with Crippen LogP contribution in [0.4, 0.5) is 4.39 Å². The molecule has 1 fully saturated rings. The molecular formula is C13H16ClFN2O. The number of rotatable bonds is 4. The summed E-state index contributed by atoms with van der Waals surface area (Å²) in [5.41, 5.74) is 6.44. The Balaban J connectivity index is 1.83. The van der Waals surface area contributed by atoms with Crippen LogP contribution in [0, 0.1) is 5.82 Å². The third-order valence-electron chi connectivity index (χ3n) is 3.34. The second-order valence-corrected chi connectivity index (χ2v) is 5.33. The van der Waals surface area contributed by atoms with Crippen LogP contribution in [0.2, 0.25) is 5.02 Å². The number of nitrogens with two attached hydrogens (primary N) is 1. The highest BCUT2D eigenvalue weighted by atomic mass is 35.5. The van der Waals surface area contributed by atoms with Crippen molar-refractivity contribution in [1.29, 1.82) is 0 Å². The molecule has 1 amide bonds. The van der Waals surface area contributed by atoms with Crippen molar-refractivity contribution in [3.05, 3.63) is 34.6 Å². The molecule has 2 rings (SSSR count). The van der Waals surface area contributed by atoms with Gasteiger partial charge < -0.3 is 11.1 Å². The first-order chi connectivity index (χ1) is 8.48. The molecule has 1 aliphatic rings. The molecule has 3 nitrogen and oxygen atoms in total. The van der Waals surface area contributed by atoms with Crippen molar-refractivity contribution in [2.75, 3.05) is 0 Å². The predicted octanol–water partition coefficient (Wildman–Crippen LogP) is 2.37. The van der Waals surface area contributed by atoms with Gasteiger partial charge in [0.1, 0.15) is 5.82 Å². The number of nitrogens with one attached hydrogen (secondary N) is 1. The van der Waals surface area contributed by atoms with Gasteiger partial charge in [0.25, 0.3) is 0 Å². The fourth-order valence-electron chi connectivity index (χ4n) is 2.04. The largest absolute Gasteiger partial charge is 0.352 e. The smallest absolute Gasteiger partial charge is 0.222 e. The van der Waals surface area contributed by atoms with Crippen LogP contribution < -0.4 is 11.1 Å². The molecule has 0 aliphatic heterocycles. The Bertz CT molecular complexity index is 460. The standard InChI is InChI=1S/C13H16ClFN2O/c14-10-6-9(2-3-11(10)15)8-17-12(18)7-13(16)4-1-5-13/h2-3,6H,1,4-5,7-8,16H2,(H,17,18). The quantitative estimate of drug-likeness (QED) is 0.883. The molecule has 1 aromatic carbocycles. The van der Waals surface area contributed by atoms with Crippen molar-refractivity contribution >= 4 is 17.5 Å². The van der Waals surface area contributed by atoms with Gasteiger partial charge in [-0.05, 0) is 37.0 Å². The van der Waals surface area contributed by atoms with E-state index in [1.807, 2.05) is 0 Å². The lowest BCUT2D eigenvalue weighted by Gasteiger charge is -2.37. The number of hydrogen-bond donors (Lipinski definition) is 2. The van der Waals surface area contributed by atoms with Gasteiger partial charge >= 0.3 is 0 Å². The van der Waals surface area contributed by atoms with Crippen LogP contribution >= 0.6 is 11.6 Å². The van der Waals surface area contributed by atoms with E-state index in [9.17, 15) is 9.18 Å². The number of halogens is 2. The average molecular weight is 271 g/mol. The van der Waals surface area contributed by atoms with Gasteiger partial charge in [-0.25, -0.2) is 4.39 Å². The van der Waals surface area contributed by atoms with Crippen molar-refractivity contribution < 1.29 is 9.18 Å². The van der Waals surface area contributed by atoms with Crippen LogP contribution in [0.25, 0.3) is 0 Å². The predicted molar refractivity (Wildman–Crippen MR) is 68.6 cm³/mol. The number of carbonyl (C=O) groups is 1. The lowest BCUT2D eigenvalue weighted by Crippen LogP contribution is -2.49. The molecule has 0 atom stereocenters. The molecule has 1 aromatic rings. The molecule has 3 N–H and O–H groups in total. The molecule has 0 radical (unpaired) electrons. The molecule has 0 heterocycles. The zero-order chi connectivity index (χ0) is 13.2. The Kier molecular flexibility index (Phi) is 3.88. The number of amides is 1. The van der Waals surface area contributed by atoms with Crippen molar-refractivity contribution in [1.82, 2.24) is 5.32 Å². The molecule has 98 valence electrons. The summed E-state index contributed by atoms with van der Waals surface area (Å²) < 4.78 is 12.9. The topological polar surface area (TPSA) is 55.1 Å². The molecule has 0 spiro atoms. The summed E-state index contributed by atoms with van der Waals surface area (Å²) in [6, 6.07) is 4.40. The van der Waals surface area contributed by atoms with Gasteiger partial charge in [0.05, 0.1) is 5.02 Å². The molecule has 0 aromatic heterocycles. The fraction of sp³-hybridized carbons (Fsp3) is 0.462. The highest BCUT2D eigenvalue weighted by Gasteiger charge is 2.34. The second-order valence-electron chi connectivity index (χ2n) is 4.92. The number of carbonyl (C=O) groups excluding carboxylic acids is 1. The van der Waals surface area contributed by atoms with Gasteiger partial charge in [0.15, 0.2) is 0 Å². The van der Waals surface area contributed by atoms with Gasteiger partial charge in [-0.2, -0.15) is 0 Å². The Morgan fingerprint density at radius 2 is 2.22 bits per heavy atom. The fourth-order valence-corrected chi connectivity index (χ4v) is 2.24. The van der Waals surface area contributed by atoms with E-state index in [0.29, 0.717) is 13.0 Å². The summed E-state index contributed by atoms with van der Waals surface area (Å²) in [7, 11) is 0. The van der Waals surface area contributed by atoms with Gasteiger partial charge in [-0.15, -0.1) is 0 Å². The summed E-state index contributed by atoms with van der Waals surface area (Å²) in [6.07, 6.45) is 3.25. The summed E-state index contributed by atoms with van der Waals surface area (Å²) in [5.74, 6) is -0.528. The Hall–Kier alpha value is -1.13. The van der Waals surface area contributed by atoms with Gasteiger partial charge in [-0.1, -0.05) is 17.7 Å². The van der Waals surface area contributed by atoms with Crippen LogP contribution in [-0.4, -0.2) is 11.4 Å². The van der Waals surface area contributed by atoms with Gasteiger partial charge in [0.2, 0.25) is 5.91 Å². The molecule has 0 unspecified atom stereocenters. The average Bonchev–Trinajstić information content (AvgIpc) is 2.29. The number of hydrogen-bond acceptors (Lipinski definition) is 2. The first kappa shape index (κ1) is 13.3. The maximum atomic E-state index is 12.9. The summed E-state index contributed by atoms with van der Waals surface area (Å²) in [4.78, 5) is 11.7. The first-order valence-electron chi connectivity index (χ1n) is 5.98. The van der Waals surface area contributed by atoms with E-state index < -0.39 is 5.82 Å². The molecule has 0 bridgehead atoms. The summed E-state index contributed by atoms with van der Waals surface area (Å²) >= 11 is 5.66. The molecule has 5 heteroatoms. The first-order valence-corrected chi connectivity index (χ1v) is 6.36. The summed E-state index contributed by atoms with van der Waals surface area (Å²) in [5, 5.41) is 2.84. The summed E-state index contributed by atoms with van der Waals surface area (Å²) in [6.45, 7) is 0.342. The maximum absolute atomic E-state index is 12.9. The van der Waals surface area contributed by atoms with Crippen molar-refractivity contribution in [2.24, 2.45) is 5.73 Å². The molecule has 18 heavy (non-hydrogen) atoms. The van der Waals surface area contributed by atoms with Crippen LogP contribution in [0.1, 0.15) is 31.2 Å². The number of benzene rings is 1. The molecular weight excluding hydrogens is 255 g/mol. The Labute approximate surface area is 111 Å². The maximum Gasteiger partial charge on any atom is 0.222 e. The Morgan fingerprint density at radius 1 is 1.50 bits per heavy atom. The lowest BCUT2D eigenvalue weighted by atomic mass is 9.75. The zero-order valence-corrected chi connectivity index (χ0v) is 10.8. The monoisotopic (exact) mass is 270 g/mol. The van der Waals surface area contributed by atoms with Crippen LogP contribution in [0.15, 0.2) is 18.2 Å². The van der Waals surface area contributed by atoms with Crippen LogP contribution in [0.5, 0.6) is 0 Å². The van der Waals surface area contributed by atoms with Crippen molar-refractivity contribution in [3.8, 4) is 0 Å². The molecule has 1 saturated carbocycles. The minimum Gasteiger partial charge on any atom is -0.352 e. The third kappa shape index (κ3) is 3.21. The van der Waals surface area contributed by atoms with E-state index in [1.165, 1.54) is 12.1 Å². The zero-order valence-electron chi connectivity index (χ0n) is 10.0. The highest BCUT2D eigenvalue weighted by molar-refractivity contribution is 6.30. The van der Waals surface area contributed by atoms with E-state index in [0.717, 1.165) is 24.8 Å². The second kappa shape index (κ2) is 5.24. The molecule has 1 aliphatic carbocycles. The van der Waals surface area contributed by atoms with Crippen LogP contribution in [0.3, 0.4) is 0 Å². The van der Waals surface area contributed by atoms with Crippen molar-refractivity contribution in [2.45, 2.75) is 37.8 Å². The van der Waals surface area contributed by atoms with Gasteiger partial charge in [0, 0.05) is 18.5 Å².